The van der Waals surface area contributed by atoms with Crippen molar-refractivity contribution in [1.29, 1.82) is 0 Å². The average molecular weight is 440 g/mol. The number of hydrogen-bond acceptors (Lipinski definition) is 5. The number of allylic oxidation sites excluding steroid dienone is 1. The Hall–Kier alpha value is -3.71. The number of ether oxygens (including phenoxy) is 2. The summed E-state index contributed by atoms with van der Waals surface area (Å²) < 4.78 is 24.7. The Bertz CT molecular complexity index is 1250. The standard InChI is InChI=1S/C23H15ClFNO5/c1-13-7-18(30-12-15-5-6-16(25)10-19(15)24)11-20-22(13)23(27)21(31-20)9-14-3-2-4-17(8-14)26(28)29/h2-11H,12H2,1H3/b21-9-. The summed E-state index contributed by atoms with van der Waals surface area (Å²) in [6, 6.07) is 13.3. The Balaban J connectivity index is 1.57. The lowest BCUT2D eigenvalue weighted by atomic mass is 10.0. The normalized spacial score (nSPS) is 13.8. The number of halogens is 2. The number of non-ortho nitro benzene ring substituents is 1. The molecule has 4 rings (SSSR count). The Kier molecular flexibility index (Phi) is 5.44. The summed E-state index contributed by atoms with van der Waals surface area (Å²) in [7, 11) is 0. The molecule has 0 aromatic heterocycles. The number of nitrogens with zero attached hydrogens (tertiary/aromatic N) is 1. The fourth-order valence-corrected chi connectivity index (χ4v) is 3.46. The molecule has 156 valence electrons. The first-order valence-electron chi connectivity index (χ1n) is 9.22. The third-order valence-electron chi connectivity index (χ3n) is 4.73. The minimum absolute atomic E-state index is 0.0670. The molecule has 0 aliphatic carbocycles. The topological polar surface area (TPSA) is 78.7 Å². The minimum atomic E-state index is -0.505. The number of ketones is 1. The van der Waals surface area contributed by atoms with E-state index in [9.17, 15) is 19.3 Å². The molecule has 0 unspecified atom stereocenters. The van der Waals surface area contributed by atoms with Gasteiger partial charge in [-0.3, -0.25) is 14.9 Å². The van der Waals surface area contributed by atoms with Gasteiger partial charge in [-0.25, -0.2) is 4.39 Å². The molecule has 6 nitrogen and oxygen atoms in total. The zero-order chi connectivity index (χ0) is 22.1. The van der Waals surface area contributed by atoms with Crippen molar-refractivity contribution in [2.75, 3.05) is 0 Å². The van der Waals surface area contributed by atoms with Gasteiger partial charge in [-0.1, -0.05) is 29.8 Å². The summed E-state index contributed by atoms with van der Waals surface area (Å²) in [5.74, 6) is 0.115. The average Bonchev–Trinajstić information content (AvgIpc) is 3.03. The van der Waals surface area contributed by atoms with E-state index < -0.39 is 10.7 Å². The van der Waals surface area contributed by atoms with Crippen LogP contribution in [-0.2, 0) is 6.61 Å². The highest BCUT2D eigenvalue weighted by Crippen LogP contribution is 2.38. The maximum absolute atomic E-state index is 13.2. The van der Waals surface area contributed by atoms with E-state index >= 15 is 0 Å². The molecule has 0 radical (unpaired) electrons. The lowest BCUT2D eigenvalue weighted by Crippen LogP contribution is -2.00. The Morgan fingerprint density at radius 3 is 2.74 bits per heavy atom. The Morgan fingerprint density at radius 1 is 1.19 bits per heavy atom. The van der Waals surface area contributed by atoms with Crippen LogP contribution in [0.4, 0.5) is 10.1 Å². The number of carbonyl (C=O) groups is 1. The van der Waals surface area contributed by atoms with Crippen molar-refractivity contribution < 1.29 is 23.6 Å². The maximum atomic E-state index is 13.2. The van der Waals surface area contributed by atoms with Gasteiger partial charge in [0.2, 0.25) is 5.78 Å². The number of aryl methyl sites for hydroxylation is 1. The number of benzene rings is 3. The van der Waals surface area contributed by atoms with Crippen LogP contribution >= 0.6 is 11.6 Å². The van der Waals surface area contributed by atoms with Crippen LogP contribution in [0, 0.1) is 22.9 Å². The molecule has 0 bridgehead atoms. The number of carbonyl (C=O) groups excluding carboxylic acids is 1. The predicted molar refractivity (Wildman–Crippen MR) is 113 cm³/mol. The molecule has 0 N–H and O–H groups in total. The number of hydrogen-bond donors (Lipinski definition) is 0. The smallest absolute Gasteiger partial charge is 0.270 e. The monoisotopic (exact) mass is 439 g/mol. The van der Waals surface area contributed by atoms with Gasteiger partial charge in [-0.2, -0.15) is 0 Å². The van der Waals surface area contributed by atoms with Crippen LogP contribution in [0.5, 0.6) is 11.5 Å². The van der Waals surface area contributed by atoms with E-state index in [1.807, 2.05) is 0 Å². The van der Waals surface area contributed by atoms with E-state index in [4.69, 9.17) is 21.1 Å². The van der Waals surface area contributed by atoms with Crippen molar-refractivity contribution in [2.24, 2.45) is 0 Å². The van der Waals surface area contributed by atoms with Crippen LogP contribution in [0.1, 0.15) is 27.0 Å². The summed E-state index contributed by atoms with van der Waals surface area (Å²) in [6.45, 7) is 1.87. The molecule has 8 heteroatoms. The number of Topliss-reactive ketones (excluding diaryl/α,β-unsaturated/α-hetero) is 1. The highest BCUT2D eigenvalue weighted by Gasteiger charge is 2.30. The second kappa shape index (κ2) is 8.20. The number of nitro benzene ring substituents is 1. The molecule has 0 saturated carbocycles. The largest absolute Gasteiger partial charge is 0.489 e. The van der Waals surface area contributed by atoms with E-state index in [2.05, 4.69) is 0 Å². The van der Waals surface area contributed by atoms with Crippen molar-refractivity contribution in [3.8, 4) is 11.5 Å². The van der Waals surface area contributed by atoms with E-state index in [1.54, 1.807) is 25.1 Å². The molecule has 1 aliphatic rings. The molecule has 1 heterocycles. The van der Waals surface area contributed by atoms with E-state index in [1.165, 1.54) is 42.5 Å². The third kappa shape index (κ3) is 4.27. The van der Waals surface area contributed by atoms with Crippen molar-refractivity contribution in [3.05, 3.63) is 104 Å². The fraction of sp³-hybridized carbons (Fsp3) is 0.0870. The summed E-state index contributed by atoms with van der Waals surface area (Å²) in [5.41, 5.74) is 2.08. The van der Waals surface area contributed by atoms with Crippen LogP contribution in [0.2, 0.25) is 5.02 Å². The van der Waals surface area contributed by atoms with Gasteiger partial charge in [0.25, 0.3) is 5.69 Å². The van der Waals surface area contributed by atoms with Gasteiger partial charge in [-0.15, -0.1) is 0 Å². The molecule has 31 heavy (non-hydrogen) atoms. The van der Waals surface area contributed by atoms with Crippen molar-refractivity contribution in [1.82, 2.24) is 0 Å². The summed E-state index contributed by atoms with van der Waals surface area (Å²) in [6.07, 6.45) is 1.47. The zero-order valence-electron chi connectivity index (χ0n) is 16.2. The second-order valence-electron chi connectivity index (χ2n) is 6.93. The quantitative estimate of drug-likeness (QED) is 0.281. The Morgan fingerprint density at radius 2 is 2.00 bits per heavy atom. The summed E-state index contributed by atoms with van der Waals surface area (Å²) in [5, 5.41) is 11.2. The van der Waals surface area contributed by atoms with E-state index in [-0.39, 0.29) is 28.9 Å². The van der Waals surface area contributed by atoms with Crippen LogP contribution in [0.25, 0.3) is 6.08 Å². The van der Waals surface area contributed by atoms with E-state index in [0.29, 0.717) is 33.8 Å². The molecule has 0 saturated heterocycles. The summed E-state index contributed by atoms with van der Waals surface area (Å²) >= 11 is 6.03. The molecule has 3 aromatic rings. The fourth-order valence-electron chi connectivity index (χ4n) is 3.24. The third-order valence-corrected chi connectivity index (χ3v) is 5.08. The van der Waals surface area contributed by atoms with Crippen LogP contribution in [0.3, 0.4) is 0 Å². The zero-order valence-corrected chi connectivity index (χ0v) is 17.0. The van der Waals surface area contributed by atoms with Gasteiger partial charge in [0, 0.05) is 23.8 Å². The first-order chi connectivity index (χ1) is 14.8. The number of nitro groups is 1. The minimum Gasteiger partial charge on any atom is -0.489 e. The predicted octanol–water partition coefficient (Wildman–Crippen LogP) is 5.89. The van der Waals surface area contributed by atoms with E-state index in [0.717, 1.165) is 0 Å². The molecular weight excluding hydrogens is 425 g/mol. The van der Waals surface area contributed by atoms with Gasteiger partial charge in [0.1, 0.15) is 23.9 Å². The van der Waals surface area contributed by atoms with Crippen molar-refractivity contribution >= 4 is 29.1 Å². The molecule has 3 aromatic carbocycles. The highest BCUT2D eigenvalue weighted by molar-refractivity contribution is 6.31. The van der Waals surface area contributed by atoms with Gasteiger partial charge >= 0.3 is 0 Å². The molecule has 0 spiro atoms. The van der Waals surface area contributed by atoms with Crippen LogP contribution < -0.4 is 9.47 Å². The van der Waals surface area contributed by atoms with Gasteiger partial charge in [0.05, 0.1) is 15.5 Å². The lowest BCUT2D eigenvalue weighted by molar-refractivity contribution is -0.384. The van der Waals surface area contributed by atoms with Gasteiger partial charge in [-0.05, 0) is 42.3 Å². The first-order valence-corrected chi connectivity index (χ1v) is 9.59. The van der Waals surface area contributed by atoms with Crippen molar-refractivity contribution in [2.45, 2.75) is 13.5 Å². The van der Waals surface area contributed by atoms with Crippen LogP contribution in [0.15, 0.2) is 60.4 Å². The highest BCUT2D eigenvalue weighted by atomic mass is 35.5. The summed E-state index contributed by atoms with van der Waals surface area (Å²) in [4.78, 5) is 23.2. The lowest BCUT2D eigenvalue weighted by Gasteiger charge is -2.10. The molecule has 1 aliphatic heterocycles. The first kappa shape index (κ1) is 20.6. The SMILES string of the molecule is Cc1cc(OCc2ccc(F)cc2Cl)cc2c1C(=O)/C(=C/c1cccc([N+](=O)[O-])c1)O2. The van der Waals surface area contributed by atoms with Gasteiger partial charge < -0.3 is 9.47 Å². The molecular formula is C23H15ClFNO5. The van der Waals surface area contributed by atoms with Crippen LogP contribution in [-0.4, -0.2) is 10.7 Å². The number of fused-ring (bicyclic) bond motifs is 1. The molecule has 0 atom stereocenters. The van der Waals surface area contributed by atoms with Gasteiger partial charge in [0.15, 0.2) is 5.76 Å². The molecule has 0 amide bonds. The second-order valence-corrected chi connectivity index (χ2v) is 7.34. The molecule has 0 fully saturated rings. The van der Waals surface area contributed by atoms with Crippen molar-refractivity contribution in [3.63, 3.8) is 0 Å². The Labute approximate surface area is 181 Å². The number of rotatable bonds is 5. The maximum Gasteiger partial charge on any atom is 0.270 e.